The minimum Gasteiger partial charge on any atom is -0.0848 e. The van der Waals surface area contributed by atoms with E-state index in [9.17, 15) is 0 Å². The maximum Gasteiger partial charge on any atom is -0.0348 e. The Morgan fingerprint density at radius 2 is 1.90 bits per heavy atom. The van der Waals surface area contributed by atoms with Crippen LogP contribution in [-0.4, -0.2) is 0 Å². The average Bonchev–Trinajstić information content (AvgIpc) is 1.97. The lowest BCUT2D eigenvalue weighted by molar-refractivity contribution is 0.866. The van der Waals surface area contributed by atoms with E-state index in [-0.39, 0.29) is 0 Å². The van der Waals surface area contributed by atoms with Crippen LogP contribution in [0.3, 0.4) is 0 Å². The minimum absolute atomic E-state index is 1.04. The van der Waals surface area contributed by atoms with E-state index >= 15 is 0 Å². The molecule has 0 bridgehead atoms. The molecule has 0 unspecified atom stereocenters. The highest BCUT2D eigenvalue weighted by molar-refractivity contribution is 5.01. The zero-order valence-corrected chi connectivity index (χ0v) is 6.84. The Hall–Kier alpha value is -0.520. The summed E-state index contributed by atoms with van der Waals surface area (Å²) in [5.74, 6) is 0. The van der Waals surface area contributed by atoms with Gasteiger partial charge < -0.3 is 0 Å². The van der Waals surface area contributed by atoms with Crippen molar-refractivity contribution < 1.29 is 0 Å². The van der Waals surface area contributed by atoms with Crippen LogP contribution in [0.25, 0.3) is 0 Å². The van der Waals surface area contributed by atoms with Gasteiger partial charge in [0.25, 0.3) is 0 Å². The first-order valence-corrected chi connectivity index (χ1v) is 4.02. The molecule has 0 aromatic carbocycles. The summed E-state index contributed by atoms with van der Waals surface area (Å²) in [7, 11) is 0. The molecule has 0 atom stereocenters. The van der Waals surface area contributed by atoms with E-state index in [1.165, 1.54) is 6.42 Å². The molecular weight excluding hydrogens is 120 g/mol. The van der Waals surface area contributed by atoms with Gasteiger partial charge in [-0.1, -0.05) is 44.6 Å². The fourth-order valence-electron chi connectivity index (χ4n) is 0.652. The lowest BCUT2D eigenvalue weighted by atomic mass is 10.2. The predicted molar refractivity (Wildman–Crippen MR) is 47.8 cm³/mol. The molecular formula is C10H17. The fourth-order valence-corrected chi connectivity index (χ4v) is 0.652. The van der Waals surface area contributed by atoms with Crippen molar-refractivity contribution in [2.45, 2.75) is 32.6 Å². The second kappa shape index (κ2) is 8.48. The van der Waals surface area contributed by atoms with Gasteiger partial charge >= 0.3 is 0 Å². The third kappa shape index (κ3) is 7.48. The van der Waals surface area contributed by atoms with Crippen LogP contribution >= 0.6 is 0 Å². The van der Waals surface area contributed by atoms with Crippen molar-refractivity contribution in [3.05, 3.63) is 31.2 Å². The van der Waals surface area contributed by atoms with Gasteiger partial charge in [-0.3, -0.25) is 0 Å². The summed E-state index contributed by atoms with van der Waals surface area (Å²) in [6, 6.07) is 0. The normalized spacial score (nSPS) is 11.8. The lowest BCUT2D eigenvalue weighted by Crippen LogP contribution is -1.65. The van der Waals surface area contributed by atoms with Crippen molar-refractivity contribution in [1.82, 2.24) is 0 Å². The zero-order valence-electron chi connectivity index (χ0n) is 6.84. The van der Waals surface area contributed by atoms with E-state index in [0.717, 1.165) is 19.3 Å². The molecule has 0 fully saturated rings. The van der Waals surface area contributed by atoms with E-state index in [1.807, 2.05) is 0 Å². The Kier molecular flexibility index (Phi) is 8.04. The summed E-state index contributed by atoms with van der Waals surface area (Å²) in [6.45, 7) is 5.91. The van der Waals surface area contributed by atoms with Gasteiger partial charge in [0.05, 0.1) is 0 Å². The van der Waals surface area contributed by atoms with Crippen LogP contribution in [-0.2, 0) is 0 Å². The largest absolute Gasteiger partial charge is 0.0848 e. The second-order valence-corrected chi connectivity index (χ2v) is 2.26. The Labute approximate surface area is 64.6 Å². The van der Waals surface area contributed by atoms with Crippen LogP contribution < -0.4 is 0 Å². The van der Waals surface area contributed by atoms with Crippen LogP contribution in [0.5, 0.6) is 0 Å². The molecule has 0 heterocycles. The molecule has 1 radical (unpaired) electrons. The standard InChI is InChI=1S/C10H17/c1-3-5-7-9-10-8-6-4-2/h6,8-10H,1,3-5,7H2,2H3/b8-6+,10-9+. The molecule has 0 saturated carbocycles. The summed E-state index contributed by atoms with van der Waals surface area (Å²) in [4.78, 5) is 0. The summed E-state index contributed by atoms with van der Waals surface area (Å²) >= 11 is 0. The smallest absolute Gasteiger partial charge is 0.0348 e. The molecule has 0 aliphatic rings. The first-order valence-electron chi connectivity index (χ1n) is 4.02. The van der Waals surface area contributed by atoms with Crippen LogP contribution in [0.15, 0.2) is 24.3 Å². The van der Waals surface area contributed by atoms with Gasteiger partial charge in [-0.2, -0.15) is 0 Å². The van der Waals surface area contributed by atoms with Crippen LogP contribution in [0.2, 0.25) is 0 Å². The van der Waals surface area contributed by atoms with E-state index in [1.54, 1.807) is 0 Å². The second-order valence-electron chi connectivity index (χ2n) is 2.26. The molecule has 0 nitrogen and oxygen atoms in total. The lowest BCUT2D eigenvalue weighted by Gasteiger charge is -1.85. The Morgan fingerprint density at radius 1 is 1.20 bits per heavy atom. The summed E-state index contributed by atoms with van der Waals surface area (Å²) < 4.78 is 0. The maximum absolute atomic E-state index is 3.77. The zero-order chi connectivity index (χ0) is 7.66. The van der Waals surface area contributed by atoms with Gasteiger partial charge in [0, 0.05) is 0 Å². The van der Waals surface area contributed by atoms with Crippen molar-refractivity contribution in [2.75, 3.05) is 0 Å². The predicted octanol–water partition coefficient (Wildman–Crippen LogP) is 3.51. The molecule has 0 spiro atoms. The first-order chi connectivity index (χ1) is 4.91. The van der Waals surface area contributed by atoms with E-state index in [0.29, 0.717) is 0 Å². The maximum atomic E-state index is 3.77. The number of hydrogen-bond acceptors (Lipinski definition) is 0. The molecule has 0 rings (SSSR count). The number of rotatable bonds is 5. The van der Waals surface area contributed by atoms with Gasteiger partial charge in [-0.15, -0.1) is 0 Å². The van der Waals surface area contributed by atoms with Crippen molar-refractivity contribution in [1.29, 1.82) is 0 Å². The van der Waals surface area contributed by atoms with Gasteiger partial charge in [0.1, 0.15) is 0 Å². The van der Waals surface area contributed by atoms with Crippen molar-refractivity contribution in [3.8, 4) is 0 Å². The van der Waals surface area contributed by atoms with E-state index in [2.05, 4.69) is 38.2 Å². The first kappa shape index (κ1) is 9.48. The van der Waals surface area contributed by atoms with Crippen LogP contribution in [0.4, 0.5) is 0 Å². The van der Waals surface area contributed by atoms with Crippen LogP contribution in [0.1, 0.15) is 32.6 Å². The molecule has 57 valence electrons. The fraction of sp³-hybridized carbons (Fsp3) is 0.500. The molecule has 0 aromatic heterocycles. The monoisotopic (exact) mass is 137 g/mol. The van der Waals surface area contributed by atoms with Crippen LogP contribution in [0, 0.1) is 6.92 Å². The SMILES string of the molecule is [CH2]CCC/C=C/C=C/CC. The minimum atomic E-state index is 1.04. The third-order valence-electron chi connectivity index (χ3n) is 1.24. The molecule has 0 heteroatoms. The third-order valence-corrected chi connectivity index (χ3v) is 1.24. The molecule has 0 saturated heterocycles. The molecule has 0 aromatic rings. The Balaban J connectivity index is 3.11. The van der Waals surface area contributed by atoms with E-state index < -0.39 is 0 Å². The quantitative estimate of drug-likeness (QED) is 0.402. The highest BCUT2D eigenvalue weighted by Crippen LogP contribution is 1.94. The molecule has 0 amide bonds. The summed E-state index contributed by atoms with van der Waals surface area (Å²) in [6.07, 6.45) is 13.1. The van der Waals surface area contributed by atoms with Crippen molar-refractivity contribution >= 4 is 0 Å². The van der Waals surface area contributed by atoms with Gasteiger partial charge in [-0.25, -0.2) is 0 Å². The van der Waals surface area contributed by atoms with Gasteiger partial charge in [0.15, 0.2) is 0 Å². The van der Waals surface area contributed by atoms with Gasteiger partial charge in [-0.05, 0) is 19.3 Å². The number of allylic oxidation sites excluding steroid dienone is 4. The number of unbranched alkanes of at least 4 members (excludes halogenated alkanes) is 2. The summed E-state index contributed by atoms with van der Waals surface area (Å²) in [5.41, 5.74) is 0. The molecule has 10 heavy (non-hydrogen) atoms. The molecule has 0 aliphatic heterocycles. The summed E-state index contributed by atoms with van der Waals surface area (Å²) in [5, 5.41) is 0. The number of hydrogen-bond donors (Lipinski definition) is 0. The van der Waals surface area contributed by atoms with Gasteiger partial charge in [0.2, 0.25) is 0 Å². The highest BCUT2D eigenvalue weighted by atomic mass is 13.8. The molecule has 0 aliphatic carbocycles. The Bertz CT molecular complexity index is 98.6. The van der Waals surface area contributed by atoms with Crippen molar-refractivity contribution in [3.63, 3.8) is 0 Å². The highest BCUT2D eigenvalue weighted by Gasteiger charge is 1.74. The van der Waals surface area contributed by atoms with E-state index in [4.69, 9.17) is 0 Å². The topological polar surface area (TPSA) is 0 Å². The molecule has 0 N–H and O–H groups in total. The average molecular weight is 137 g/mol. The van der Waals surface area contributed by atoms with Crippen molar-refractivity contribution in [2.24, 2.45) is 0 Å². The Morgan fingerprint density at radius 3 is 2.50 bits per heavy atom.